The lowest BCUT2D eigenvalue weighted by Crippen LogP contribution is -2.17. The Kier molecular flexibility index (Phi) is 4.22. The first-order valence-corrected chi connectivity index (χ1v) is 7.95. The third-order valence-electron chi connectivity index (χ3n) is 4.15. The van der Waals surface area contributed by atoms with E-state index in [1.165, 1.54) is 12.1 Å². The number of nitro benzene ring substituents is 1. The number of imidazole rings is 1. The fourth-order valence-electron chi connectivity index (χ4n) is 2.78. The molecule has 0 saturated heterocycles. The van der Waals surface area contributed by atoms with Gasteiger partial charge in [0.2, 0.25) is 0 Å². The summed E-state index contributed by atoms with van der Waals surface area (Å²) in [4.78, 5) is 27.9. The smallest absolute Gasteiger partial charge is 0.274 e. The molecule has 0 unspecified atom stereocenters. The van der Waals surface area contributed by atoms with Crippen LogP contribution in [0.15, 0.2) is 36.5 Å². The maximum Gasteiger partial charge on any atom is 0.274 e. The molecule has 3 rings (SSSR count). The highest BCUT2D eigenvalue weighted by molar-refractivity contribution is 6.05. The third kappa shape index (κ3) is 2.96. The van der Waals surface area contributed by atoms with Gasteiger partial charge in [0.15, 0.2) is 0 Å². The molecule has 1 aromatic carbocycles. The second-order valence-corrected chi connectivity index (χ2v) is 5.86. The average molecular weight is 338 g/mol. The second kappa shape index (κ2) is 6.35. The number of pyridine rings is 1. The van der Waals surface area contributed by atoms with E-state index in [0.717, 1.165) is 16.8 Å². The van der Waals surface area contributed by atoms with E-state index in [4.69, 9.17) is 0 Å². The molecular weight excluding hydrogens is 320 g/mol. The Balaban J connectivity index is 2.05. The summed E-state index contributed by atoms with van der Waals surface area (Å²) in [6, 6.07) is 8.20. The summed E-state index contributed by atoms with van der Waals surface area (Å²) in [7, 11) is 0. The largest absolute Gasteiger partial charge is 0.320 e. The van der Waals surface area contributed by atoms with Gasteiger partial charge in [-0.15, -0.1) is 0 Å². The number of hydrogen-bond acceptors (Lipinski definition) is 4. The molecule has 0 bridgehead atoms. The van der Waals surface area contributed by atoms with Crippen molar-refractivity contribution < 1.29 is 9.72 Å². The first-order chi connectivity index (χ1) is 11.9. The number of carbonyl (C=O) groups is 1. The molecule has 3 aromatic rings. The first-order valence-electron chi connectivity index (χ1n) is 7.95. The van der Waals surface area contributed by atoms with Crippen LogP contribution < -0.4 is 5.32 Å². The zero-order valence-corrected chi connectivity index (χ0v) is 14.2. The standard InChI is InChI=1S/C18H18N4O3/c1-4-14-16(21-9-5-6-12(3)17(21)19-14)18(23)20-15-10-13(22(24)25)8-7-11(15)2/h5-10H,4H2,1-3H3,(H,20,23). The maximum atomic E-state index is 12.9. The minimum absolute atomic E-state index is 0.0643. The number of hydrogen-bond donors (Lipinski definition) is 1. The Morgan fingerprint density at radius 1 is 1.28 bits per heavy atom. The number of rotatable bonds is 4. The van der Waals surface area contributed by atoms with Crippen LogP contribution in [0.3, 0.4) is 0 Å². The van der Waals surface area contributed by atoms with Gasteiger partial charge in [-0.25, -0.2) is 4.98 Å². The molecule has 0 aliphatic heterocycles. The van der Waals surface area contributed by atoms with E-state index in [2.05, 4.69) is 10.3 Å². The zero-order chi connectivity index (χ0) is 18.1. The summed E-state index contributed by atoms with van der Waals surface area (Å²) >= 11 is 0. The minimum Gasteiger partial charge on any atom is -0.320 e. The van der Waals surface area contributed by atoms with Gasteiger partial charge in [0, 0.05) is 18.3 Å². The van der Waals surface area contributed by atoms with Crippen molar-refractivity contribution in [3.8, 4) is 0 Å². The number of non-ortho nitro benzene ring substituents is 1. The monoisotopic (exact) mass is 338 g/mol. The van der Waals surface area contributed by atoms with Crippen molar-refractivity contribution in [1.29, 1.82) is 0 Å². The van der Waals surface area contributed by atoms with Crippen LogP contribution >= 0.6 is 0 Å². The van der Waals surface area contributed by atoms with Gasteiger partial charge >= 0.3 is 0 Å². The van der Waals surface area contributed by atoms with Crippen LogP contribution in [0.25, 0.3) is 5.65 Å². The molecule has 2 aromatic heterocycles. The molecule has 0 atom stereocenters. The SMILES string of the molecule is CCc1nc2c(C)cccn2c1C(=O)Nc1cc([N+](=O)[O-])ccc1C. The lowest BCUT2D eigenvalue weighted by molar-refractivity contribution is -0.384. The van der Waals surface area contributed by atoms with Gasteiger partial charge < -0.3 is 5.32 Å². The number of amides is 1. The number of carbonyl (C=O) groups excluding carboxylic acids is 1. The van der Waals surface area contributed by atoms with Crippen LogP contribution in [-0.4, -0.2) is 20.2 Å². The quantitative estimate of drug-likeness (QED) is 0.580. The summed E-state index contributed by atoms with van der Waals surface area (Å²) < 4.78 is 1.76. The van der Waals surface area contributed by atoms with E-state index >= 15 is 0 Å². The number of benzene rings is 1. The lowest BCUT2D eigenvalue weighted by Gasteiger charge is -2.09. The van der Waals surface area contributed by atoms with Gasteiger partial charge in [-0.05, 0) is 37.5 Å². The molecule has 1 amide bonds. The van der Waals surface area contributed by atoms with E-state index < -0.39 is 4.92 Å². The lowest BCUT2D eigenvalue weighted by atomic mass is 10.1. The molecule has 0 aliphatic carbocycles. The molecule has 25 heavy (non-hydrogen) atoms. The fraction of sp³-hybridized carbons (Fsp3) is 0.222. The Morgan fingerprint density at radius 2 is 2.04 bits per heavy atom. The van der Waals surface area contributed by atoms with Gasteiger partial charge in [-0.2, -0.15) is 0 Å². The summed E-state index contributed by atoms with van der Waals surface area (Å²) in [5, 5.41) is 13.8. The molecule has 128 valence electrons. The maximum absolute atomic E-state index is 12.9. The van der Waals surface area contributed by atoms with Gasteiger partial charge in [-0.3, -0.25) is 19.3 Å². The van der Waals surface area contributed by atoms with E-state index in [1.807, 2.05) is 26.0 Å². The van der Waals surface area contributed by atoms with Crippen molar-refractivity contribution in [2.75, 3.05) is 5.32 Å². The zero-order valence-electron chi connectivity index (χ0n) is 14.2. The van der Waals surface area contributed by atoms with E-state index in [-0.39, 0.29) is 11.6 Å². The highest BCUT2D eigenvalue weighted by Crippen LogP contribution is 2.24. The first kappa shape index (κ1) is 16.6. The molecule has 1 N–H and O–H groups in total. The van der Waals surface area contributed by atoms with Crippen molar-refractivity contribution in [2.24, 2.45) is 0 Å². The van der Waals surface area contributed by atoms with Crippen molar-refractivity contribution in [2.45, 2.75) is 27.2 Å². The number of nitrogens with one attached hydrogen (secondary N) is 1. The second-order valence-electron chi connectivity index (χ2n) is 5.86. The molecular formula is C18H18N4O3. The van der Waals surface area contributed by atoms with E-state index in [1.54, 1.807) is 23.6 Å². The third-order valence-corrected chi connectivity index (χ3v) is 4.15. The van der Waals surface area contributed by atoms with Crippen LogP contribution in [-0.2, 0) is 6.42 Å². The Labute approximate surface area is 144 Å². The van der Waals surface area contributed by atoms with Crippen molar-refractivity contribution in [3.63, 3.8) is 0 Å². The fourth-order valence-corrected chi connectivity index (χ4v) is 2.78. The highest BCUT2D eigenvalue weighted by atomic mass is 16.6. The number of anilines is 1. The molecule has 7 nitrogen and oxygen atoms in total. The van der Waals surface area contributed by atoms with Gasteiger partial charge in [0.25, 0.3) is 11.6 Å². The molecule has 0 radical (unpaired) electrons. The Bertz CT molecular complexity index is 991. The van der Waals surface area contributed by atoms with E-state index in [0.29, 0.717) is 23.5 Å². The van der Waals surface area contributed by atoms with Crippen LogP contribution in [0, 0.1) is 24.0 Å². The number of aryl methyl sites for hydroxylation is 3. The van der Waals surface area contributed by atoms with Crippen LogP contribution in [0.1, 0.15) is 34.2 Å². The summed E-state index contributed by atoms with van der Waals surface area (Å²) in [6.45, 7) is 5.67. The average Bonchev–Trinajstić information content (AvgIpc) is 2.96. The van der Waals surface area contributed by atoms with Crippen LogP contribution in [0.4, 0.5) is 11.4 Å². The normalized spacial score (nSPS) is 10.8. The summed E-state index contributed by atoms with van der Waals surface area (Å²) in [5.74, 6) is -0.335. The molecule has 2 heterocycles. The van der Waals surface area contributed by atoms with Gasteiger partial charge in [0.1, 0.15) is 11.3 Å². The molecule has 7 heteroatoms. The molecule has 0 saturated carbocycles. The number of aromatic nitrogens is 2. The van der Waals surface area contributed by atoms with Crippen LogP contribution in [0.5, 0.6) is 0 Å². The highest BCUT2D eigenvalue weighted by Gasteiger charge is 2.20. The number of fused-ring (bicyclic) bond motifs is 1. The summed E-state index contributed by atoms with van der Waals surface area (Å²) in [5.41, 5.74) is 3.96. The van der Waals surface area contributed by atoms with Crippen molar-refractivity contribution in [1.82, 2.24) is 9.38 Å². The van der Waals surface area contributed by atoms with E-state index in [9.17, 15) is 14.9 Å². The van der Waals surface area contributed by atoms with Gasteiger partial charge in [-0.1, -0.05) is 19.1 Å². The molecule has 0 fully saturated rings. The van der Waals surface area contributed by atoms with Gasteiger partial charge in [0.05, 0.1) is 16.3 Å². The molecule has 0 aliphatic rings. The molecule has 0 spiro atoms. The predicted octanol–water partition coefficient (Wildman–Crippen LogP) is 3.67. The Morgan fingerprint density at radius 3 is 2.72 bits per heavy atom. The topological polar surface area (TPSA) is 89.5 Å². The number of nitrogens with zero attached hydrogens (tertiary/aromatic N) is 3. The van der Waals surface area contributed by atoms with Crippen molar-refractivity contribution in [3.05, 3.63) is 69.2 Å². The number of nitro groups is 1. The minimum atomic E-state index is -0.482. The summed E-state index contributed by atoms with van der Waals surface area (Å²) in [6.07, 6.45) is 2.40. The predicted molar refractivity (Wildman–Crippen MR) is 95.1 cm³/mol. The Hall–Kier alpha value is -3.22. The van der Waals surface area contributed by atoms with Crippen molar-refractivity contribution >= 4 is 22.9 Å². The van der Waals surface area contributed by atoms with Crippen LogP contribution in [0.2, 0.25) is 0 Å².